The summed E-state index contributed by atoms with van der Waals surface area (Å²) in [6.45, 7) is 0.392. The first-order valence-corrected chi connectivity index (χ1v) is 9.63. The van der Waals surface area contributed by atoms with Crippen molar-refractivity contribution < 1.29 is 18.7 Å². The van der Waals surface area contributed by atoms with E-state index in [1.165, 1.54) is 11.8 Å². The molecule has 28 heavy (non-hydrogen) atoms. The van der Waals surface area contributed by atoms with Crippen molar-refractivity contribution in [3.63, 3.8) is 0 Å². The zero-order valence-corrected chi connectivity index (χ0v) is 16.5. The van der Waals surface area contributed by atoms with Crippen molar-refractivity contribution >= 4 is 17.7 Å². The van der Waals surface area contributed by atoms with Crippen molar-refractivity contribution in [3.8, 4) is 11.5 Å². The highest BCUT2D eigenvalue weighted by Crippen LogP contribution is 2.27. The second-order valence-corrected chi connectivity index (χ2v) is 6.81. The molecule has 0 saturated heterocycles. The Hall–Kier alpha value is -3.00. The standard InChI is InChI=1S/C20H21N3O4S/c1-25-16-9-8-15(10-17(16)26-2)12-21-18(24)13-28-20-23-22-19(27-20)11-14-6-4-3-5-7-14/h3-10H,11-13H2,1-2H3,(H,21,24). The number of rotatable bonds is 9. The van der Waals surface area contributed by atoms with Crippen LogP contribution < -0.4 is 14.8 Å². The smallest absolute Gasteiger partial charge is 0.277 e. The molecule has 0 fully saturated rings. The van der Waals surface area contributed by atoms with Crippen LogP contribution in [0.3, 0.4) is 0 Å². The van der Waals surface area contributed by atoms with Gasteiger partial charge in [-0.15, -0.1) is 10.2 Å². The van der Waals surface area contributed by atoms with E-state index in [0.29, 0.717) is 35.6 Å². The summed E-state index contributed by atoms with van der Waals surface area (Å²) >= 11 is 1.21. The number of carbonyl (C=O) groups excluding carboxylic acids is 1. The predicted molar refractivity (Wildman–Crippen MR) is 106 cm³/mol. The van der Waals surface area contributed by atoms with E-state index in [0.717, 1.165) is 11.1 Å². The van der Waals surface area contributed by atoms with Crippen LogP contribution >= 0.6 is 11.8 Å². The summed E-state index contributed by atoms with van der Waals surface area (Å²) < 4.78 is 16.1. The van der Waals surface area contributed by atoms with Crippen LogP contribution in [-0.2, 0) is 17.8 Å². The molecule has 0 aliphatic rings. The molecular weight excluding hydrogens is 378 g/mol. The predicted octanol–water partition coefficient (Wildman–Crippen LogP) is 3.09. The largest absolute Gasteiger partial charge is 0.493 e. The molecule has 3 rings (SSSR count). The first-order valence-electron chi connectivity index (χ1n) is 8.64. The third-order valence-electron chi connectivity index (χ3n) is 3.91. The normalized spacial score (nSPS) is 10.5. The first-order chi connectivity index (χ1) is 13.7. The van der Waals surface area contributed by atoms with Crippen molar-refractivity contribution in [2.75, 3.05) is 20.0 Å². The van der Waals surface area contributed by atoms with Crippen molar-refractivity contribution in [1.82, 2.24) is 15.5 Å². The van der Waals surface area contributed by atoms with Crippen LogP contribution in [0.15, 0.2) is 58.2 Å². The summed E-state index contributed by atoms with van der Waals surface area (Å²) in [5, 5.41) is 11.2. The topological polar surface area (TPSA) is 86.5 Å². The van der Waals surface area contributed by atoms with Crippen LogP contribution in [0.4, 0.5) is 0 Å². The van der Waals surface area contributed by atoms with Gasteiger partial charge in [-0.3, -0.25) is 4.79 Å². The van der Waals surface area contributed by atoms with Crippen molar-refractivity contribution in [2.45, 2.75) is 18.2 Å². The monoisotopic (exact) mass is 399 g/mol. The zero-order chi connectivity index (χ0) is 19.8. The fourth-order valence-corrected chi connectivity index (χ4v) is 3.12. The van der Waals surface area contributed by atoms with Gasteiger partial charge in [-0.05, 0) is 23.3 Å². The molecule has 8 heteroatoms. The molecule has 146 valence electrons. The van der Waals surface area contributed by atoms with Crippen LogP contribution in [0.25, 0.3) is 0 Å². The van der Waals surface area contributed by atoms with Gasteiger partial charge in [-0.25, -0.2) is 0 Å². The number of aromatic nitrogens is 2. The lowest BCUT2D eigenvalue weighted by molar-refractivity contribution is -0.118. The van der Waals surface area contributed by atoms with Gasteiger partial charge in [0.1, 0.15) is 0 Å². The molecule has 2 aromatic carbocycles. The van der Waals surface area contributed by atoms with Crippen LogP contribution in [0, 0.1) is 0 Å². The number of nitrogens with zero attached hydrogens (tertiary/aromatic N) is 2. The summed E-state index contributed by atoms with van der Waals surface area (Å²) in [4.78, 5) is 12.1. The van der Waals surface area contributed by atoms with Gasteiger partial charge in [0.2, 0.25) is 11.8 Å². The Balaban J connectivity index is 1.46. The molecule has 0 atom stereocenters. The van der Waals surface area contributed by atoms with Gasteiger partial charge in [0.05, 0.1) is 26.4 Å². The van der Waals surface area contributed by atoms with Crippen LogP contribution in [0.5, 0.6) is 11.5 Å². The molecule has 1 amide bonds. The van der Waals surface area contributed by atoms with Crippen molar-refractivity contribution in [2.24, 2.45) is 0 Å². The third-order valence-corrected chi connectivity index (χ3v) is 4.73. The lowest BCUT2D eigenvalue weighted by Gasteiger charge is -2.10. The minimum absolute atomic E-state index is 0.123. The molecular formula is C20H21N3O4S. The van der Waals surface area contributed by atoms with Crippen molar-refractivity contribution in [1.29, 1.82) is 0 Å². The van der Waals surface area contributed by atoms with Crippen LogP contribution in [-0.4, -0.2) is 36.1 Å². The van der Waals surface area contributed by atoms with Gasteiger partial charge in [0.15, 0.2) is 11.5 Å². The maximum atomic E-state index is 12.1. The Morgan fingerprint density at radius 2 is 1.82 bits per heavy atom. The van der Waals surface area contributed by atoms with Crippen molar-refractivity contribution in [3.05, 3.63) is 65.5 Å². The van der Waals surface area contributed by atoms with Gasteiger partial charge in [-0.2, -0.15) is 0 Å². The molecule has 1 heterocycles. The number of benzene rings is 2. The highest BCUT2D eigenvalue weighted by molar-refractivity contribution is 7.99. The molecule has 0 spiro atoms. The average molecular weight is 399 g/mol. The summed E-state index contributed by atoms with van der Waals surface area (Å²) in [7, 11) is 3.16. The summed E-state index contributed by atoms with van der Waals surface area (Å²) in [5.74, 6) is 1.87. The third kappa shape index (κ3) is 5.50. The molecule has 1 aromatic heterocycles. The average Bonchev–Trinajstić information content (AvgIpc) is 3.18. The Morgan fingerprint density at radius 1 is 1.04 bits per heavy atom. The van der Waals surface area contributed by atoms with E-state index in [1.54, 1.807) is 14.2 Å². The highest BCUT2D eigenvalue weighted by Gasteiger charge is 2.11. The molecule has 3 aromatic rings. The number of amides is 1. The second kappa shape index (κ2) is 9.80. The molecule has 7 nitrogen and oxygen atoms in total. The maximum Gasteiger partial charge on any atom is 0.277 e. The Kier molecular flexibility index (Phi) is 6.91. The van der Waals surface area contributed by atoms with Gasteiger partial charge >= 0.3 is 0 Å². The van der Waals surface area contributed by atoms with Gasteiger partial charge in [0.25, 0.3) is 5.22 Å². The highest BCUT2D eigenvalue weighted by atomic mass is 32.2. The minimum atomic E-state index is -0.123. The molecule has 0 bridgehead atoms. The number of carbonyl (C=O) groups is 1. The number of thioether (sulfide) groups is 1. The van der Waals surface area contributed by atoms with E-state index in [2.05, 4.69) is 15.5 Å². The zero-order valence-electron chi connectivity index (χ0n) is 15.7. The number of ether oxygens (including phenoxy) is 2. The lowest BCUT2D eigenvalue weighted by Crippen LogP contribution is -2.24. The molecule has 0 unspecified atom stereocenters. The molecule has 0 saturated carbocycles. The summed E-state index contributed by atoms with van der Waals surface area (Å²) in [6, 6.07) is 15.4. The van der Waals surface area contributed by atoms with E-state index in [-0.39, 0.29) is 11.7 Å². The molecule has 0 aliphatic carbocycles. The SMILES string of the molecule is COc1ccc(CNC(=O)CSc2nnc(Cc3ccccc3)o2)cc1OC. The Bertz CT molecular complexity index is 915. The number of hydrogen-bond donors (Lipinski definition) is 1. The fraction of sp³-hybridized carbons (Fsp3) is 0.250. The van der Waals surface area contributed by atoms with Gasteiger partial charge in [-0.1, -0.05) is 48.2 Å². The van der Waals surface area contributed by atoms with E-state index >= 15 is 0 Å². The number of hydrogen-bond acceptors (Lipinski definition) is 7. The quantitative estimate of drug-likeness (QED) is 0.553. The first kappa shape index (κ1) is 19.8. The minimum Gasteiger partial charge on any atom is -0.493 e. The summed E-state index contributed by atoms with van der Waals surface area (Å²) in [5.41, 5.74) is 2.01. The van der Waals surface area contributed by atoms with E-state index < -0.39 is 0 Å². The van der Waals surface area contributed by atoms with Crippen LogP contribution in [0.1, 0.15) is 17.0 Å². The molecule has 1 N–H and O–H groups in total. The Morgan fingerprint density at radius 3 is 2.57 bits per heavy atom. The van der Waals surface area contributed by atoms with Gasteiger partial charge < -0.3 is 19.2 Å². The number of methoxy groups -OCH3 is 2. The van der Waals surface area contributed by atoms with Gasteiger partial charge in [0, 0.05) is 6.54 Å². The van der Waals surface area contributed by atoms with Crippen LogP contribution in [0.2, 0.25) is 0 Å². The van der Waals surface area contributed by atoms with E-state index in [4.69, 9.17) is 13.9 Å². The lowest BCUT2D eigenvalue weighted by atomic mass is 10.2. The Labute approximate surface area is 167 Å². The van der Waals surface area contributed by atoms with E-state index in [9.17, 15) is 4.79 Å². The second-order valence-electron chi connectivity index (χ2n) is 5.88. The molecule has 0 aliphatic heterocycles. The number of nitrogens with one attached hydrogen (secondary N) is 1. The summed E-state index contributed by atoms with van der Waals surface area (Å²) in [6.07, 6.45) is 0.569. The maximum absolute atomic E-state index is 12.1. The van der Waals surface area contributed by atoms with E-state index in [1.807, 2.05) is 48.5 Å². The molecule has 0 radical (unpaired) electrons. The fourth-order valence-electron chi connectivity index (χ4n) is 2.51.